The molecule has 0 radical (unpaired) electrons. The number of nitrogens with zero attached hydrogens (tertiary/aromatic N) is 3. The lowest BCUT2D eigenvalue weighted by atomic mass is 10.0. The van der Waals surface area contributed by atoms with E-state index in [-0.39, 0.29) is 0 Å². The molecular formula is C14H27N3O. The highest BCUT2D eigenvalue weighted by atomic mass is 16.1. The van der Waals surface area contributed by atoms with Crippen LogP contribution in [0, 0.1) is 0 Å². The molecule has 0 amide bonds. The molecule has 2 aliphatic heterocycles. The van der Waals surface area contributed by atoms with Crippen molar-refractivity contribution in [1.82, 2.24) is 14.7 Å². The Morgan fingerprint density at radius 2 is 1.67 bits per heavy atom. The van der Waals surface area contributed by atoms with Gasteiger partial charge >= 0.3 is 0 Å². The second-order valence-electron chi connectivity index (χ2n) is 5.74. The highest BCUT2D eigenvalue weighted by Gasteiger charge is 2.26. The van der Waals surface area contributed by atoms with E-state index in [0.717, 1.165) is 19.1 Å². The van der Waals surface area contributed by atoms with Gasteiger partial charge in [-0.15, -0.1) is 0 Å². The molecule has 2 aliphatic rings. The maximum absolute atomic E-state index is 11.4. The molecule has 0 N–H and O–H groups in total. The van der Waals surface area contributed by atoms with Crippen LogP contribution in [0.1, 0.15) is 26.2 Å². The maximum Gasteiger partial charge on any atom is 0.146 e. The molecule has 0 unspecified atom stereocenters. The van der Waals surface area contributed by atoms with Crippen molar-refractivity contribution in [3.8, 4) is 0 Å². The summed E-state index contributed by atoms with van der Waals surface area (Å²) in [4.78, 5) is 18.8. The van der Waals surface area contributed by atoms with Crippen molar-refractivity contribution in [2.75, 3.05) is 52.9 Å². The van der Waals surface area contributed by atoms with E-state index in [0.29, 0.717) is 18.7 Å². The zero-order chi connectivity index (χ0) is 13.0. The monoisotopic (exact) mass is 253 g/mol. The number of likely N-dealkylation sites (tertiary alicyclic amines) is 1. The Bertz CT molecular complexity index is 266. The van der Waals surface area contributed by atoms with Gasteiger partial charge in [-0.1, -0.05) is 6.92 Å². The molecule has 0 aromatic heterocycles. The Morgan fingerprint density at radius 3 is 2.22 bits per heavy atom. The summed E-state index contributed by atoms with van der Waals surface area (Å²) in [6.45, 7) is 9.67. The number of rotatable bonds is 4. The van der Waals surface area contributed by atoms with Crippen LogP contribution in [-0.2, 0) is 4.79 Å². The van der Waals surface area contributed by atoms with E-state index < -0.39 is 0 Å². The van der Waals surface area contributed by atoms with Crippen molar-refractivity contribution in [2.24, 2.45) is 0 Å². The zero-order valence-electron chi connectivity index (χ0n) is 11.9. The molecule has 0 aliphatic carbocycles. The Kier molecular flexibility index (Phi) is 5.15. The van der Waals surface area contributed by atoms with Crippen LogP contribution < -0.4 is 0 Å². The van der Waals surface area contributed by atoms with Crippen molar-refractivity contribution < 1.29 is 4.79 Å². The summed E-state index contributed by atoms with van der Waals surface area (Å²) in [7, 11) is 2.20. The number of likely N-dealkylation sites (N-methyl/N-ethyl adjacent to an activating group) is 1. The molecule has 18 heavy (non-hydrogen) atoms. The predicted molar refractivity (Wildman–Crippen MR) is 73.8 cm³/mol. The lowest BCUT2D eigenvalue weighted by Crippen LogP contribution is -2.52. The molecule has 2 fully saturated rings. The van der Waals surface area contributed by atoms with Gasteiger partial charge in [-0.05, 0) is 19.9 Å². The number of piperidine rings is 1. The van der Waals surface area contributed by atoms with Crippen molar-refractivity contribution in [1.29, 1.82) is 0 Å². The van der Waals surface area contributed by atoms with Gasteiger partial charge in [0.25, 0.3) is 0 Å². The first-order valence-corrected chi connectivity index (χ1v) is 7.35. The van der Waals surface area contributed by atoms with E-state index in [9.17, 15) is 4.79 Å². The third kappa shape index (κ3) is 3.77. The van der Waals surface area contributed by atoms with Gasteiger partial charge in [-0.3, -0.25) is 14.6 Å². The zero-order valence-corrected chi connectivity index (χ0v) is 11.9. The van der Waals surface area contributed by atoms with E-state index in [4.69, 9.17) is 0 Å². The van der Waals surface area contributed by atoms with E-state index in [1.54, 1.807) is 0 Å². The van der Waals surface area contributed by atoms with Gasteiger partial charge in [-0.25, -0.2) is 0 Å². The second kappa shape index (κ2) is 6.64. The van der Waals surface area contributed by atoms with Crippen LogP contribution in [0.4, 0.5) is 0 Å². The molecule has 2 rings (SSSR count). The largest absolute Gasteiger partial charge is 0.304 e. The summed E-state index contributed by atoms with van der Waals surface area (Å²) in [6.07, 6.45) is 3.15. The van der Waals surface area contributed by atoms with Crippen LogP contribution >= 0.6 is 0 Å². The first kappa shape index (κ1) is 14.0. The topological polar surface area (TPSA) is 26.8 Å². The predicted octanol–water partition coefficient (Wildman–Crippen LogP) is 0.677. The summed E-state index contributed by atoms with van der Waals surface area (Å²) >= 11 is 0. The molecule has 4 heteroatoms. The summed E-state index contributed by atoms with van der Waals surface area (Å²) in [6, 6.07) is 0.756. The smallest absolute Gasteiger partial charge is 0.146 e. The Morgan fingerprint density at radius 1 is 1.06 bits per heavy atom. The highest BCUT2D eigenvalue weighted by molar-refractivity contribution is 5.80. The van der Waals surface area contributed by atoms with E-state index >= 15 is 0 Å². The van der Waals surface area contributed by atoms with Crippen LogP contribution in [-0.4, -0.2) is 79.4 Å². The van der Waals surface area contributed by atoms with E-state index in [1.165, 1.54) is 39.0 Å². The summed E-state index contributed by atoms with van der Waals surface area (Å²) < 4.78 is 0. The first-order chi connectivity index (χ1) is 8.69. The minimum absolute atomic E-state index is 0.382. The van der Waals surface area contributed by atoms with Gasteiger partial charge in [0.1, 0.15) is 5.78 Å². The minimum Gasteiger partial charge on any atom is -0.304 e. The van der Waals surface area contributed by atoms with Crippen molar-refractivity contribution in [3.05, 3.63) is 0 Å². The van der Waals surface area contributed by atoms with Crippen molar-refractivity contribution in [3.63, 3.8) is 0 Å². The molecule has 104 valence electrons. The maximum atomic E-state index is 11.4. The fourth-order valence-electron chi connectivity index (χ4n) is 2.99. The van der Waals surface area contributed by atoms with Gasteiger partial charge < -0.3 is 4.90 Å². The minimum atomic E-state index is 0.382. The average molecular weight is 253 g/mol. The van der Waals surface area contributed by atoms with Gasteiger partial charge in [-0.2, -0.15) is 0 Å². The molecule has 4 nitrogen and oxygen atoms in total. The van der Waals surface area contributed by atoms with Crippen molar-refractivity contribution >= 4 is 5.78 Å². The lowest BCUT2D eigenvalue weighted by molar-refractivity contribution is -0.120. The average Bonchev–Trinajstić information content (AvgIpc) is 2.40. The molecule has 0 spiro atoms. The summed E-state index contributed by atoms with van der Waals surface area (Å²) in [5.74, 6) is 0.382. The van der Waals surface area contributed by atoms with Gasteiger partial charge in [0.15, 0.2) is 0 Å². The van der Waals surface area contributed by atoms with Crippen LogP contribution in [0.5, 0.6) is 0 Å². The molecule has 2 heterocycles. The highest BCUT2D eigenvalue weighted by Crippen LogP contribution is 2.17. The standard InChI is InChI=1S/C14H27N3O/c1-3-14(18)12-16-6-4-13(5-7-16)17-10-8-15(2)9-11-17/h13H,3-12H2,1-2H3. The normalized spacial score (nSPS) is 25.4. The van der Waals surface area contributed by atoms with Crippen molar-refractivity contribution in [2.45, 2.75) is 32.2 Å². The number of piperazine rings is 1. The number of carbonyl (C=O) groups is 1. The first-order valence-electron chi connectivity index (χ1n) is 7.35. The van der Waals surface area contributed by atoms with Crippen LogP contribution in [0.25, 0.3) is 0 Å². The molecule has 2 saturated heterocycles. The third-order valence-corrected chi connectivity index (χ3v) is 4.41. The Balaban J connectivity index is 1.71. The SMILES string of the molecule is CCC(=O)CN1CCC(N2CCN(C)CC2)CC1. The molecule has 0 atom stereocenters. The van der Waals surface area contributed by atoms with Gasteiger partial charge in [0, 0.05) is 51.7 Å². The number of carbonyl (C=O) groups excluding carboxylic acids is 1. The lowest BCUT2D eigenvalue weighted by Gasteiger charge is -2.41. The number of hydrogen-bond acceptors (Lipinski definition) is 4. The molecule has 0 aromatic rings. The Hall–Kier alpha value is -0.450. The Labute approximate surface area is 111 Å². The number of ketones is 1. The van der Waals surface area contributed by atoms with E-state index in [2.05, 4.69) is 21.7 Å². The second-order valence-corrected chi connectivity index (χ2v) is 5.74. The molecule has 0 saturated carbocycles. The van der Waals surface area contributed by atoms with E-state index in [1.807, 2.05) is 6.92 Å². The van der Waals surface area contributed by atoms with Gasteiger partial charge in [0.2, 0.25) is 0 Å². The number of Topliss-reactive ketones (excluding diaryl/α,β-unsaturated/α-hetero) is 1. The fraction of sp³-hybridized carbons (Fsp3) is 0.929. The van der Waals surface area contributed by atoms with Crippen LogP contribution in [0.15, 0.2) is 0 Å². The van der Waals surface area contributed by atoms with Gasteiger partial charge in [0.05, 0.1) is 6.54 Å². The van der Waals surface area contributed by atoms with Crippen LogP contribution in [0.3, 0.4) is 0 Å². The molecule has 0 aromatic carbocycles. The van der Waals surface area contributed by atoms with Crippen LogP contribution in [0.2, 0.25) is 0 Å². The molecular weight excluding hydrogens is 226 g/mol. The fourth-order valence-corrected chi connectivity index (χ4v) is 2.99. The third-order valence-electron chi connectivity index (χ3n) is 4.41. The summed E-state index contributed by atoms with van der Waals surface area (Å²) in [5, 5.41) is 0. The number of hydrogen-bond donors (Lipinski definition) is 0. The molecule has 0 bridgehead atoms. The quantitative estimate of drug-likeness (QED) is 0.736. The summed E-state index contributed by atoms with van der Waals surface area (Å²) in [5.41, 5.74) is 0.